The largest absolute Gasteiger partial charge is 0.324 e. The molecule has 0 aliphatic carbocycles. The summed E-state index contributed by atoms with van der Waals surface area (Å²) in [5, 5.41) is 0. The van der Waals surface area contributed by atoms with Crippen LogP contribution < -0.4 is 5.73 Å². The lowest BCUT2D eigenvalue weighted by atomic mass is 10.1. The highest BCUT2D eigenvalue weighted by atomic mass is 79.9. The summed E-state index contributed by atoms with van der Waals surface area (Å²) in [7, 11) is 0. The monoisotopic (exact) mass is 245 g/mol. The Hall–Kier alpha value is -0.740. The Morgan fingerprint density at radius 3 is 2.77 bits per heavy atom. The predicted octanol–water partition coefficient (Wildman–Crippen LogP) is 1.66. The van der Waals surface area contributed by atoms with Crippen molar-refractivity contribution in [2.24, 2.45) is 5.73 Å². The van der Waals surface area contributed by atoms with Crippen molar-refractivity contribution >= 4 is 21.7 Å². The van der Waals surface area contributed by atoms with E-state index >= 15 is 0 Å². The van der Waals surface area contributed by atoms with Crippen molar-refractivity contribution in [3.05, 3.63) is 34.1 Å². The van der Waals surface area contributed by atoms with Crippen molar-refractivity contribution < 1.29 is 9.18 Å². The third-order valence-corrected chi connectivity index (χ3v) is 2.22. The molecular weight excluding hydrogens is 237 g/mol. The van der Waals surface area contributed by atoms with Gasteiger partial charge in [0.1, 0.15) is 5.82 Å². The number of hydrogen-bond acceptors (Lipinski definition) is 2. The fraction of sp³-hybridized carbons (Fsp3) is 0.222. The van der Waals surface area contributed by atoms with Gasteiger partial charge in [-0.05, 0) is 33.6 Å². The Balaban J connectivity index is 2.79. The van der Waals surface area contributed by atoms with E-state index < -0.39 is 0 Å². The first-order chi connectivity index (χ1) is 6.13. The molecule has 1 aromatic carbocycles. The second kappa shape index (κ2) is 4.48. The zero-order valence-electron chi connectivity index (χ0n) is 6.89. The minimum absolute atomic E-state index is 0.0228. The highest BCUT2D eigenvalue weighted by molar-refractivity contribution is 9.10. The number of Topliss-reactive ketones (excluding diaryl/α,β-unsaturated/α-hetero) is 1. The molecule has 0 fully saturated rings. The van der Waals surface area contributed by atoms with E-state index in [0.29, 0.717) is 4.47 Å². The minimum atomic E-state index is -0.330. The Labute approximate surface area is 84.1 Å². The topological polar surface area (TPSA) is 43.1 Å². The number of nitrogens with two attached hydrogens (primary N) is 1. The summed E-state index contributed by atoms with van der Waals surface area (Å²) in [6, 6.07) is 4.49. The van der Waals surface area contributed by atoms with Crippen molar-refractivity contribution in [2.75, 3.05) is 6.54 Å². The summed E-state index contributed by atoms with van der Waals surface area (Å²) >= 11 is 3.04. The maximum absolute atomic E-state index is 12.8. The lowest BCUT2D eigenvalue weighted by molar-refractivity contribution is -0.117. The van der Waals surface area contributed by atoms with Gasteiger partial charge in [-0.2, -0.15) is 0 Å². The maximum atomic E-state index is 12.8. The lowest BCUT2D eigenvalue weighted by Crippen LogP contribution is -2.15. The number of ketones is 1. The minimum Gasteiger partial charge on any atom is -0.324 e. The van der Waals surface area contributed by atoms with E-state index in [0.717, 1.165) is 5.56 Å². The molecule has 0 aliphatic heterocycles. The quantitative estimate of drug-likeness (QED) is 0.881. The SMILES string of the molecule is NCC(=O)Cc1ccc(F)c(Br)c1. The number of carbonyl (C=O) groups is 1. The van der Waals surface area contributed by atoms with Gasteiger partial charge in [-0.1, -0.05) is 6.07 Å². The molecular formula is C9H9BrFNO. The van der Waals surface area contributed by atoms with E-state index in [1.54, 1.807) is 12.1 Å². The highest BCUT2D eigenvalue weighted by Gasteiger charge is 2.04. The fourth-order valence-corrected chi connectivity index (χ4v) is 1.38. The van der Waals surface area contributed by atoms with E-state index in [9.17, 15) is 9.18 Å². The van der Waals surface area contributed by atoms with Gasteiger partial charge in [0.15, 0.2) is 5.78 Å². The van der Waals surface area contributed by atoms with E-state index in [1.807, 2.05) is 0 Å². The average molecular weight is 246 g/mol. The van der Waals surface area contributed by atoms with Crippen LogP contribution >= 0.6 is 15.9 Å². The normalized spacial score (nSPS) is 10.1. The molecule has 0 atom stereocenters. The van der Waals surface area contributed by atoms with Gasteiger partial charge in [0.05, 0.1) is 11.0 Å². The molecule has 0 spiro atoms. The van der Waals surface area contributed by atoms with Gasteiger partial charge in [-0.25, -0.2) is 4.39 Å². The molecule has 0 amide bonds. The molecule has 0 unspecified atom stereocenters. The first-order valence-corrected chi connectivity index (χ1v) is 4.58. The number of halogens is 2. The van der Waals surface area contributed by atoms with Crippen LogP contribution in [-0.2, 0) is 11.2 Å². The number of carbonyl (C=O) groups excluding carboxylic acids is 1. The molecule has 0 aliphatic rings. The highest BCUT2D eigenvalue weighted by Crippen LogP contribution is 2.17. The summed E-state index contributed by atoms with van der Waals surface area (Å²) in [5.41, 5.74) is 5.92. The average Bonchev–Trinajstić information content (AvgIpc) is 2.11. The van der Waals surface area contributed by atoms with Crippen LogP contribution in [0.2, 0.25) is 0 Å². The molecule has 0 heterocycles. The number of benzene rings is 1. The molecule has 0 aromatic heterocycles. The van der Waals surface area contributed by atoms with Gasteiger partial charge in [0.2, 0.25) is 0 Å². The second-order valence-electron chi connectivity index (χ2n) is 2.67. The molecule has 0 saturated carbocycles. The number of rotatable bonds is 3. The van der Waals surface area contributed by atoms with Crippen molar-refractivity contribution in [3.8, 4) is 0 Å². The van der Waals surface area contributed by atoms with Crippen LogP contribution in [0.3, 0.4) is 0 Å². The summed E-state index contributed by atoms with van der Waals surface area (Å²) in [4.78, 5) is 10.9. The van der Waals surface area contributed by atoms with Crippen molar-refractivity contribution in [3.63, 3.8) is 0 Å². The molecule has 0 bridgehead atoms. The Kier molecular flexibility index (Phi) is 3.57. The third kappa shape index (κ3) is 2.90. The molecule has 2 N–H and O–H groups in total. The molecule has 0 radical (unpaired) electrons. The Morgan fingerprint density at radius 1 is 1.54 bits per heavy atom. The van der Waals surface area contributed by atoms with Crippen LogP contribution in [0, 0.1) is 5.82 Å². The van der Waals surface area contributed by atoms with E-state index in [1.165, 1.54) is 6.07 Å². The molecule has 0 saturated heterocycles. The van der Waals surface area contributed by atoms with E-state index in [4.69, 9.17) is 5.73 Å². The van der Waals surface area contributed by atoms with Gasteiger partial charge in [-0.3, -0.25) is 4.79 Å². The van der Waals surface area contributed by atoms with Gasteiger partial charge in [0.25, 0.3) is 0 Å². The van der Waals surface area contributed by atoms with E-state index in [2.05, 4.69) is 15.9 Å². The molecule has 2 nitrogen and oxygen atoms in total. The second-order valence-corrected chi connectivity index (χ2v) is 3.52. The molecule has 1 rings (SSSR count). The number of hydrogen-bond donors (Lipinski definition) is 1. The smallest absolute Gasteiger partial charge is 0.150 e. The van der Waals surface area contributed by atoms with Crippen LogP contribution in [0.5, 0.6) is 0 Å². The summed E-state index contributed by atoms with van der Waals surface area (Å²) < 4.78 is 13.1. The summed E-state index contributed by atoms with van der Waals surface area (Å²) in [6.45, 7) is 0.0228. The van der Waals surface area contributed by atoms with Crippen molar-refractivity contribution in [2.45, 2.75) is 6.42 Å². The third-order valence-electron chi connectivity index (χ3n) is 1.61. The van der Waals surface area contributed by atoms with Gasteiger partial charge in [0, 0.05) is 6.42 Å². The lowest BCUT2D eigenvalue weighted by Gasteiger charge is -2.00. The fourth-order valence-electron chi connectivity index (χ4n) is 0.949. The van der Waals surface area contributed by atoms with Crippen LogP contribution in [0.15, 0.2) is 22.7 Å². The summed E-state index contributed by atoms with van der Waals surface area (Å²) in [5.74, 6) is -0.387. The molecule has 4 heteroatoms. The zero-order chi connectivity index (χ0) is 9.84. The van der Waals surface area contributed by atoms with Crippen LogP contribution in [0.1, 0.15) is 5.56 Å². The first-order valence-electron chi connectivity index (χ1n) is 3.79. The maximum Gasteiger partial charge on any atom is 0.150 e. The zero-order valence-corrected chi connectivity index (χ0v) is 8.47. The van der Waals surface area contributed by atoms with Crippen molar-refractivity contribution in [1.82, 2.24) is 0 Å². The first kappa shape index (κ1) is 10.3. The summed E-state index contributed by atoms with van der Waals surface area (Å²) in [6.07, 6.45) is 0.259. The molecule has 1 aromatic rings. The Morgan fingerprint density at radius 2 is 2.23 bits per heavy atom. The Bertz CT molecular complexity index is 327. The van der Waals surface area contributed by atoms with E-state index in [-0.39, 0.29) is 24.6 Å². The molecule has 70 valence electrons. The van der Waals surface area contributed by atoms with Gasteiger partial charge < -0.3 is 5.73 Å². The standard InChI is InChI=1S/C9H9BrFNO/c10-8-4-6(1-2-9(8)11)3-7(13)5-12/h1-2,4H,3,5,12H2. The van der Waals surface area contributed by atoms with Crippen LogP contribution in [-0.4, -0.2) is 12.3 Å². The van der Waals surface area contributed by atoms with Crippen molar-refractivity contribution in [1.29, 1.82) is 0 Å². The van der Waals surface area contributed by atoms with Crippen LogP contribution in [0.4, 0.5) is 4.39 Å². The predicted molar refractivity (Wildman–Crippen MR) is 51.9 cm³/mol. The van der Waals surface area contributed by atoms with Gasteiger partial charge >= 0.3 is 0 Å². The van der Waals surface area contributed by atoms with Gasteiger partial charge in [-0.15, -0.1) is 0 Å². The molecule has 13 heavy (non-hydrogen) atoms. The van der Waals surface area contributed by atoms with Crippen LogP contribution in [0.25, 0.3) is 0 Å².